The predicted octanol–water partition coefficient (Wildman–Crippen LogP) is 3.56. The van der Waals surface area contributed by atoms with Gasteiger partial charge in [-0.1, -0.05) is 20.8 Å². The van der Waals surface area contributed by atoms with Crippen LogP contribution in [0.2, 0.25) is 0 Å². The average Bonchev–Trinajstić information content (AvgIpc) is 2.63. The maximum Gasteiger partial charge on any atom is 0.272 e. The summed E-state index contributed by atoms with van der Waals surface area (Å²) in [5, 5.41) is 1.91. The Kier molecular flexibility index (Phi) is 3.23. The molecule has 0 unspecified atom stereocenters. The molecule has 0 amide bonds. The topological polar surface area (TPSA) is 37.8 Å². The average molecular weight is 268 g/mol. The third kappa shape index (κ3) is 2.66. The Labute approximate surface area is 109 Å². The molecule has 0 spiro atoms. The first-order valence-electron chi connectivity index (χ1n) is 5.59. The maximum absolute atomic E-state index is 12.2. The first kappa shape index (κ1) is 12.5. The van der Waals surface area contributed by atoms with Gasteiger partial charge in [-0.3, -0.25) is 9.36 Å². The van der Waals surface area contributed by atoms with Gasteiger partial charge in [-0.2, -0.15) is 0 Å². The Morgan fingerprint density at radius 3 is 2.82 bits per heavy atom. The van der Waals surface area contributed by atoms with Crippen LogP contribution in [-0.2, 0) is 6.54 Å². The summed E-state index contributed by atoms with van der Waals surface area (Å²) in [4.78, 5) is 15.3. The van der Waals surface area contributed by atoms with Gasteiger partial charge in [-0.05, 0) is 35.5 Å². The molecule has 92 valence electrons. The fourth-order valence-corrected chi connectivity index (χ4v) is 2.70. The lowest BCUT2D eigenvalue weighted by atomic mass is 9.92. The quantitative estimate of drug-likeness (QED) is 0.846. The van der Waals surface area contributed by atoms with Crippen molar-refractivity contribution in [1.29, 1.82) is 0 Å². The molecule has 0 bridgehead atoms. The number of aromatic nitrogens is 2. The van der Waals surface area contributed by atoms with E-state index in [0.29, 0.717) is 11.3 Å². The number of H-pyrrole nitrogens is 1. The van der Waals surface area contributed by atoms with E-state index >= 15 is 0 Å². The Morgan fingerprint density at radius 2 is 2.18 bits per heavy atom. The van der Waals surface area contributed by atoms with Gasteiger partial charge in [0.05, 0.1) is 5.52 Å². The van der Waals surface area contributed by atoms with Crippen LogP contribution in [0.25, 0.3) is 10.2 Å². The van der Waals surface area contributed by atoms with E-state index in [-0.39, 0.29) is 11.0 Å². The normalized spacial score (nSPS) is 12.2. The molecule has 0 atom stereocenters. The number of thiophene rings is 1. The molecule has 0 radical (unpaired) electrons. The zero-order valence-corrected chi connectivity index (χ0v) is 11.9. The van der Waals surface area contributed by atoms with Crippen molar-refractivity contribution >= 4 is 33.8 Å². The highest BCUT2D eigenvalue weighted by molar-refractivity contribution is 7.71. The van der Waals surface area contributed by atoms with Crippen molar-refractivity contribution in [2.24, 2.45) is 5.41 Å². The van der Waals surface area contributed by atoms with Gasteiger partial charge in [0.2, 0.25) is 0 Å². The summed E-state index contributed by atoms with van der Waals surface area (Å²) in [6, 6.07) is 1.89. The van der Waals surface area contributed by atoms with Crippen LogP contribution in [0.3, 0.4) is 0 Å². The number of nitrogens with zero attached hydrogens (tertiary/aromatic N) is 1. The Hall–Kier alpha value is -0.940. The Bertz CT molecular complexity index is 643. The first-order valence-corrected chi connectivity index (χ1v) is 6.87. The van der Waals surface area contributed by atoms with E-state index in [0.717, 1.165) is 16.6 Å². The fourth-order valence-electron chi connectivity index (χ4n) is 1.62. The van der Waals surface area contributed by atoms with Crippen LogP contribution < -0.4 is 5.56 Å². The molecule has 0 fully saturated rings. The SMILES string of the molecule is CC(C)(C)CCn1c(=S)[nH]c2ccsc2c1=O. The monoisotopic (exact) mass is 268 g/mol. The molecule has 17 heavy (non-hydrogen) atoms. The lowest BCUT2D eigenvalue weighted by molar-refractivity contribution is 0.346. The van der Waals surface area contributed by atoms with Crippen molar-refractivity contribution < 1.29 is 0 Å². The molecule has 0 aromatic carbocycles. The summed E-state index contributed by atoms with van der Waals surface area (Å²) >= 11 is 6.69. The van der Waals surface area contributed by atoms with Crippen molar-refractivity contribution in [2.75, 3.05) is 0 Å². The third-order valence-corrected chi connectivity index (χ3v) is 3.90. The van der Waals surface area contributed by atoms with E-state index in [1.54, 1.807) is 4.57 Å². The van der Waals surface area contributed by atoms with Gasteiger partial charge in [0.15, 0.2) is 4.77 Å². The van der Waals surface area contributed by atoms with Crippen molar-refractivity contribution in [1.82, 2.24) is 9.55 Å². The lowest BCUT2D eigenvalue weighted by Crippen LogP contribution is -2.23. The second-order valence-electron chi connectivity index (χ2n) is 5.36. The van der Waals surface area contributed by atoms with Gasteiger partial charge < -0.3 is 4.98 Å². The van der Waals surface area contributed by atoms with E-state index in [9.17, 15) is 4.79 Å². The molecule has 0 aliphatic heterocycles. The number of fused-ring (bicyclic) bond motifs is 1. The van der Waals surface area contributed by atoms with Crippen molar-refractivity contribution in [2.45, 2.75) is 33.7 Å². The molecule has 3 nitrogen and oxygen atoms in total. The van der Waals surface area contributed by atoms with E-state index in [1.165, 1.54) is 11.3 Å². The molecule has 2 rings (SSSR count). The molecular weight excluding hydrogens is 252 g/mol. The molecule has 1 N–H and O–H groups in total. The number of hydrogen-bond acceptors (Lipinski definition) is 3. The molecule has 0 saturated carbocycles. The summed E-state index contributed by atoms with van der Waals surface area (Å²) < 4.78 is 2.94. The largest absolute Gasteiger partial charge is 0.331 e. The molecule has 0 saturated heterocycles. The minimum atomic E-state index is 0.0306. The van der Waals surface area contributed by atoms with Gasteiger partial charge >= 0.3 is 0 Å². The highest BCUT2D eigenvalue weighted by atomic mass is 32.1. The zero-order chi connectivity index (χ0) is 12.6. The summed E-state index contributed by atoms with van der Waals surface area (Å²) in [7, 11) is 0. The molecule has 0 aliphatic rings. The summed E-state index contributed by atoms with van der Waals surface area (Å²) in [6.07, 6.45) is 0.932. The minimum Gasteiger partial charge on any atom is -0.331 e. The summed E-state index contributed by atoms with van der Waals surface area (Å²) in [5.74, 6) is 0. The zero-order valence-electron chi connectivity index (χ0n) is 10.2. The molecule has 2 aromatic heterocycles. The van der Waals surface area contributed by atoms with Gasteiger partial charge in [-0.25, -0.2) is 0 Å². The smallest absolute Gasteiger partial charge is 0.272 e. The molecule has 5 heteroatoms. The highest BCUT2D eigenvalue weighted by Crippen LogP contribution is 2.20. The van der Waals surface area contributed by atoms with Crippen LogP contribution in [-0.4, -0.2) is 9.55 Å². The van der Waals surface area contributed by atoms with Crippen molar-refractivity contribution in [3.05, 3.63) is 26.6 Å². The molecule has 2 heterocycles. The lowest BCUT2D eigenvalue weighted by Gasteiger charge is -2.18. The van der Waals surface area contributed by atoms with E-state index in [1.807, 2.05) is 11.4 Å². The van der Waals surface area contributed by atoms with Crippen LogP contribution in [0.1, 0.15) is 27.2 Å². The van der Waals surface area contributed by atoms with E-state index in [4.69, 9.17) is 12.2 Å². The van der Waals surface area contributed by atoms with Crippen LogP contribution in [0.4, 0.5) is 0 Å². The van der Waals surface area contributed by atoms with Crippen LogP contribution in [0, 0.1) is 10.2 Å². The van der Waals surface area contributed by atoms with Crippen molar-refractivity contribution in [3.63, 3.8) is 0 Å². The van der Waals surface area contributed by atoms with Gasteiger partial charge in [0, 0.05) is 6.54 Å². The van der Waals surface area contributed by atoms with Crippen LogP contribution in [0.5, 0.6) is 0 Å². The number of aromatic amines is 1. The molecule has 2 aromatic rings. The molecular formula is C12H16N2OS2. The van der Waals surface area contributed by atoms with Crippen molar-refractivity contribution in [3.8, 4) is 0 Å². The highest BCUT2D eigenvalue weighted by Gasteiger charge is 2.12. The number of hydrogen-bond donors (Lipinski definition) is 1. The fraction of sp³-hybridized carbons (Fsp3) is 0.500. The molecule has 0 aliphatic carbocycles. The Morgan fingerprint density at radius 1 is 1.47 bits per heavy atom. The second kappa shape index (κ2) is 4.38. The van der Waals surface area contributed by atoms with E-state index in [2.05, 4.69) is 25.8 Å². The van der Waals surface area contributed by atoms with Gasteiger partial charge in [0.1, 0.15) is 4.70 Å². The van der Waals surface area contributed by atoms with E-state index < -0.39 is 0 Å². The summed E-state index contributed by atoms with van der Waals surface area (Å²) in [6.45, 7) is 7.16. The standard InChI is InChI=1S/C12H16N2OS2/c1-12(2,3)5-6-14-10(15)9-8(4-7-17-9)13-11(14)16/h4,7H,5-6H2,1-3H3,(H,13,16). The predicted molar refractivity (Wildman–Crippen MR) is 75.3 cm³/mol. The third-order valence-electron chi connectivity index (χ3n) is 2.68. The number of rotatable bonds is 2. The van der Waals surface area contributed by atoms with Gasteiger partial charge in [0.25, 0.3) is 5.56 Å². The summed E-state index contributed by atoms with van der Waals surface area (Å²) in [5.41, 5.74) is 1.08. The van der Waals surface area contributed by atoms with Gasteiger partial charge in [-0.15, -0.1) is 11.3 Å². The van der Waals surface area contributed by atoms with Crippen LogP contribution in [0.15, 0.2) is 16.2 Å². The minimum absolute atomic E-state index is 0.0306. The maximum atomic E-state index is 12.2. The first-order chi connectivity index (χ1) is 7.88. The van der Waals surface area contributed by atoms with Crippen LogP contribution >= 0.6 is 23.6 Å². The second-order valence-corrected chi connectivity index (χ2v) is 6.66. The number of nitrogens with one attached hydrogen (secondary N) is 1. The Balaban J connectivity index is 2.47.